The minimum Gasteiger partial charge on any atom is -0.480 e. The number of aliphatic carboxylic acids is 4. The third-order valence-electron chi connectivity index (χ3n) is 7.37. The zero-order valence-corrected chi connectivity index (χ0v) is 21.4. The van der Waals surface area contributed by atoms with Gasteiger partial charge < -0.3 is 43.4 Å². The third kappa shape index (κ3) is 12.2. The molecule has 0 aromatic carbocycles. The summed E-state index contributed by atoms with van der Waals surface area (Å²) in [6, 6.07) is -3.80. The highest BCUT2D eigenvalue weighted by molar-refractivity contribution is 5.74. The quantitative estimate of drug-likeness (QED) is 0.101. The number of unbranched alkanes of at least 4 members (excludes halogenated alkanes) is 1. The van der Waals surface area contributed by atoms with Crippen molar-refractivity contribution in [3.8, 4) is 0 Å². The lowest BCUT2D eigenvalue weighted by Gasteiger charge is -2.46. The van der Waals surface area contributed by atoms with Crippen molar-refractivity contribution < 1.29 is 39.6 Å². The van der Waals surface area contributed by atoms with E-state index in [2.05, 4.69) is 4.90 Å². The Morgan fingerprint density at radius 3 is 1.62 bits per heavy atom. The Labute approximate surface area is 217 Å². The molecule has 13 heteroatoms. The number of hydrogen-bond acceptors (Lipinski definition) is 9. The van der Waals surface area contributed by atoms with Crippen LogP contribution < -0.4 is 22.9 Å². The van der Waals surface area contributed by atoms with Crippen LogP contribution in [0.25, 0.3) is 0 Å². The maximum Gasteiger partial charge on any atom is 0.320 e. The van der Waals surface area contributed by atoms with Crippen LogP contribution in [0.3, 0.4) is 0 Å². The topological polar surface area (TPSA) is 257 Å². The van der Waals surface area contributed by atoms with Crippen molar-refractivity contribution in [2.24, 2.45) is 34.8 Å². The first-order chi connectivity index (χ1) is 17.3. The van der Waals surface area contributed by atoms with Crippen molar-refractivity contribution in [1.29, 1.82) is 0 Å². The van der Waals surface area contributed by atoms with Crippen molar-refractivity contribution in [3.05, 3.63) is 0 Å². The third-order valence-corrected chi connectivity index (χ3v) is 7.37. The molecule has 0 spiro atoms. The van der Waals surface area contributed by atoms with E-state index in [1.165, 1.54) is 0 Å². The second-order valence-electron chi connectivity index (χ2n) is 10.3. The van der Waals surface area contributed by atoms with Crippen molar-refractivity contribution in [2.75, 3.05) is 13.1 Å². The summed E-state index contributed by atoms with van der Waals surface area (Å²) >= 11 is 0. The second-order valence-corrected chi connectivity index (χ2v) is 10.3. The van der Waals surface area contributed by atoms with Crippen molar-refractivity contribution in [1.82, 2.24) is 4.90 Å². The van der Waals surface area contributed by atoms with Gasteiger partial charge in [0.05, 0.1) is 0 Å². The average Bonchev–Trinajstić information content (AvgIpc) is 2.83. The summed E-state index contributed by atoms with van der Waals surface area (Å²) < 4.78 is 0. The molecule has 0 aliphatic carbocycles. The summed E-state index contributed by atoms with van der Waals surface area (Å²) in [5.74, 6) is -4.01. The number of rotatable bonds is 19. The summed E-state index contributed by atoms with van der Waals surface area (Å²) in [5, 5.41) is 36.5. The minimum atomic E-state index is -1.07. The van der Waals surface area contributed by atoms with Crippen LogP contribution in [-0.2, 0) is 19.2 Å². The van der Waals surface area contributed by atoms with Crippen LogP contribution in [0.5, 0.6) is 0 Å². The molecular weight excluding hydrogens is 486 g/mol. The Morgan fingerprint density at radius 1 is 0.649 bits per heavy atom. The van der Waals surface area contributed by atoms with Gasteiger partial charge in [-0.05, 0) is 82.6 Å². The molecule has 0 amide bonds. The number of carboxylic acids is 4. The van der Waals surface area contributed by atoms with Crippen LogP contribution in [0.2, 0.25) is 0 Å². The van der Waals surface area contributed by atoms with Gasteiger partial charge in [0.15, 0.2) is 0 Å². The highest BCUT2D eigenvalue weighted by atomic mass is 16.4. The zero-order chi connectivity index (χ0) is 28.1. The number of likely N-dealkylation sites (tertiary alicyclic amines) is 1. The highest BCUT2D eigenvalue weighted by Crippen LogP contribution is 2.36. The Morgan fingerprint density at radius 2 is 1.11 bits per heavy atom. The zero-order valence-electron chi connectivity index (χ0n) is 21.4. The molecule has 214 valence electrons. The van der Waals surface area contributed by atoms with Crippen LogP contribution in [0.1, 0.15) is 70.6 Å². The van der Waals surface area contributed by atoms with Gasteiger partial charge in [-0.3, -0.25) is 24.1 Å². The van der Waals surface area contributed by atoms with Gasteiger partial charge in [0, 0.05) is 12.6 Å². The number of carbonyl (C=O) groups is 4. The Balaban J connectivity index is 2.98. The summed E-state index contributed by atoms with van der Waals surface area (Å²) in [6.07, 6.45) is 5.75. The molecule has 1 aliphatic heterocycles. The van der Waals surface area contributed by atoms with E-state index < -0.39 is 48.0 Å². The van der Waals surface area contributed by atoms with Crippen molar-refractivity contribution in [3.63, 3.8) is 0 Å². The molecule has 0 saturated carbocycles. The molecule has 0 radical (unpaired) electrons. The van der Waals surface area contributed by atoms with E-state index in [4.69, 9.17) is 38.3 Å². The van der Waals surface area contributed by atoms with Gasteiger partial charge in [-0.2, -0.15) is 0 Å². The number of piperidine rings is 1. The summed E-state index contributed by atoms with van der Waals surface area (Å²) in [4.78, 5) is 46.9. The Bertz CT molecular complexity index is 755. The fourth-order valence-corrected chi connectivity index (χ4v) is 5.15. The minimum absolute atomic E-state index is 0.0412. The maximum atomic E-state index is 11.3. The summed E-state index contributed by atoms with van der Waals surface area (Å²) in [7, 11) is 0. The Kier molecular flexibility index (Phi) is 14.6. The van der Waals surface area contributed by atoms with Gasteiger partial charge in [-0.1, -0.05) is 6.42 Å². The molecule has 1 heterocycles. The largest absolute Gasteiger partial charge is 0.480 e. The maximum absolute atomic E-state index is 11.3. The van der Waals surface area contributed by atoms with E-state index in [0.29, 0.717) is 70.9 Å². The molecule has 1 fully saturated rings. The molecule has 1 rings (SSSR count). The van der Waals surface area contributed by atoms with Gasteiger partial charge in [0.2, 0.25) is 0 Å². The SMILES string of the molecule is N[C@@H](CCCCN1CC(CC[C@H](N)C(=O)O)CC(CC[C@H](N)C(=O)O)C1CCC[C@H](N)C(=O)O)C(=O)O. The van der Waals surface area contributed by atoms with Crippen molar-refractivity contribution >= 4 is 23.9 Å². The van der Waals surface area contributed by atoms with E-state index in [9.17, 15) is 24.3 Å². The van der Waals surface area contributed by atoms with Crippen LogP contribution >= 0.6 is 0 Å². The molecule has 1 aliphatic rings. The van der Waals surface area contributed by atoms with E-state index in [0.717, 1.165) is 6.42 Å². The fraction of sp³-hybridized carbons (Fsp3) is 0.833. The number of carboxylic acid groups (broad SMARTS) is 4. The van der Waals surface area contributed by atoms with Gasteiger partial charge in [0.25, 0.3) is 0 Å². The van der Waals surface area contributed by atoms with Crippen LogP contribution in [0.15, 0.2) is 0 Å². The van der Waals surface area contributed by atoms with Crippen LogP contribution in [-0.4, -0.2) is 92.5 Å². The van der Waals surface area contributed by atoms with Gasteiger partial charge in [-0.25, -0.2) is 0 Å². The molecule has 37 heavy (non-hydrogen) atoms. The van der Waals surface area contributed by atoms with Gasteiger partial charge in [-0.15, -0.1) is 0 Å². The molecular formula is C24H45N5O8. The number of nitrogens with zero attached hydrogens (tertiary/aromatic N) is 1. The lowest BCUT2D eigenvalue weighted by Crippen LogP contribution is -2.50. The van der Waals surface area contributed by atoms with E-state index in [1.807, 2.05) is 0 Å². The first kappa shape index (κ1) is 32.7. The van der Waals surface area contributed by atoms with Gasteiger partial charge in [0.1, 0.15) is 24.2 Å². The predicted molar refractivity (Wildman–Crippen MR) is 136 cm³/mol. The summed E-state index contributed by atoms with van der Waals surface area (Å²) in [6.45, 7) is 1.35. The predicted octanol–water partition coefficient (Wildman–Crippen LogP) is -0.158. The normalized spacial score (nSPS) is 23.6. The van der Waals surface area contributed by atoms with Crippen LogP contribution in [0.4, 0.5) is 0 Å². The standard InChI is InChI=1S/C24H45N5O8/c25-16(21(30)31)4-1-2-11-29-13-14(7-9-18(27)23(34)35)12-15(8-10-19(28)24(36)37)20(29)6-3-5-17(26)22(32)33/h14-20H,1-13,25-28H2,(H,30,31)(H,32,33)(H,34,35)(H,36,37)/t14?,15?,16-,17-,18-,19-,20?/m0/s1. The highest BCUT2D eigenvalue weighted by Gasteiger charge is 2.36. The van der Waals surface area contributed by atoms with Gasteiger partial charge >= 0.3 is 23.9 Å². The lowest BCUT2D eigenvalue weighted by atomic mass is 9.76. The molecule has 0 bridgehead atoms. The molecule has 3 unspecified atom stereocenters. The molecule has 0 aromatic rings. The van der Waals surface area contributed by atoms with E-state index in [1.54, 1.807) is 0 Å². The monoisotopic (exact) mass is 531 g/mol. The fourth-order valence-electron chi connectivity index (χ4n) is 5.15. The molecule has 12 N–H and O–H groups in total. The molecule has 13 nitrogen and oxygen atoms in total. The molecule has 0 aromatic heterocycles. The average molecular weight is 532 g/mol. The molecule has 1 saturated heterocycles. The summed E-state index contributed by atoms with van der Waals surface area (Å²) in [5.41, 5.74) is 22.8. The second kappa shape index (κ2) is 16.5. The smallest absolute Gasteiger partial charge is 0.320 e. The number of nitrogens with two attached hydrogens (primary N) is 4. The molecule has 7 atom stereocenters. The first-order valence-electron chi connectivity index (χ1n) is 13.0. The number of hydrogen-bond donors (Lipinski definition) is 8. The Hall–Kier alpha value is -2.32. The van der Waals surface area contributed by atoms with E-state index in [-0.39, 0.29) is 24.3 Å². The van der Waals surface area contributed by atoms with Crippen molar-refractivity contribution in [2.45, 2.75) is 101 Å². The van der Waals surface area contributed by atoms with E-state index >= 15 is 0 Å². The lowest BCUT2D eigenvalue weighted by molar-refractivity contribution is -0.139. The first-order valence-corrected chi connectivity index (χ1v) is 13.0. The van der Waals surface area contributed by atoms with Crippen LogP contribution in [0, 0.1) is 11.8 Å².